The summed E-state index contributed by atoms with van der Waals surface area (Å²) in [4.78, 5) is 27.4. The minimum atomic E-state index is -0.576. The number of fused-ring (bicyclic) bond motifs is 3. The molecule has 292 valence electrons. The fourth-order valence-electron chi connectivity index (χ4n) is 8.98. The van der Waals surface area contributed by atoms with Crippen LogP contribution in [0.3, 0.4) is 0 Å². The van der Waals surface area contributed by atoms with Gasteiger partial charge in [-0.2, -0.15) is 0 Å². The highest BCUT2D eigenvalue weighted by molar-refractivity contribution is 5.97. The molecule has 8 aromatic carbocycles. The molecule has 1 aliphatic carbocycles. The molecule has 0 aliphatic heterocycles. The third kappa shape index (κ3) is 6.33. The molecule has 2 aromatic heterocycles. The van der Waals surface area contributed by atoms with Crippen molar-refractivity contribution in [2.24, 2.45) is 0 Å². The molecule has 1 aliphatic rings. The van der Waals surface area contributed by atoms with Crippen molar-refractivity contribution in [3.05, 3.63) is 253 Å². The van der Waals surface area contributed by atoms with E-state index >= 15 is 0 Å². The lowest BCUT2D eigenvalue weighted by molar-refractivity contribution is 0.768. The molecule has 6 heteroatoms. The molecule has 0 radical (unpaired) electrons. The summed E-state index contributed by atoms with van der Waals surface area (Å²) in [6, 6.07) is 76.4. The van der Waals surface area contributed by atoms with Gasteiger partial charge in [0.15, 0.2) is 23.3 Å². The van der Waals surface area contributed by atoms with E-state index in [1.807, 2.05) is 72.9 Å². The van der Waals surface area contributed by atoms with Crippen LogP contribution in [0.15, 0.2) is 231 Å². The zero-order valence-electron chi connectivity index (χ0n) is 33.6. The molecule has 11 rings (SSSR count). The fourth-order valence-corrected chi connectivity index (χ4v) is 8.98. The summed E-state index contributed by atoms with van der Waals surface area (Å²) < 4.78 is 0. The van der Waals surface area contributed by atoms with E-state index in [0.717, 1.165) is 39.2 Å². The van der Waals surface area contributed by atoms with Crippen molar-refractivity contribution in [2.45, 2.75) is 5.41 Å². The first-order chi connectivity index (χ1) is 30.8. The van der Waals surface area contributed by atoms with E-state index in [9.17, 15) is 0 Å². The van der Waals surface area contributed by atoms with Crippen LogP contribution in [0, 0.1) is 0 Å². The molecule has 0 saturated heterocycles. The predicted octanol–water partition coefficient (Wildman–Crippen LogP) is 13.2. The third-order valence-electron chi connectivity index (χ3n) is 11.7. The number of benzene rings is 8. The van der Waals surface area contributed by atoms with E-state index in [-0.39, 0.29) is 0 Å². The Morgan fingerprint density at radius 2 is 0.839 bits per heavy atom. The molecule has 0 bridgehead atoms. The van der Waals surface area contributed by atoms with Gasteiger partial charge in [-0.25, -0.2) is 19.9 Å². The second-order valence-corrected chi connectivity index (χ2v) is 15.3. The Kier molecular flexibility index (Phi) is 9.28. The maximum Gasteiger partial charge on any atom is 0.184 e. The first-order valence-electron chi connectivity index (χ1n) is 20.7. The van der Waals surface area contributed by atoms with E-state index in [2.05, 4.69) is 157 Å². The van der Waals surface area contributed by atoms with Crippen molar-refractivity contribution in [1.82, 2.24) is 24.9 Å². The van der Waals surface area contributed by atoms with Crippen LogP contribution in [0.2, 0.25) is 0 Å². The molecular formula is C56H38N6. The van der Waals surface area contributed by atoms with Crippen LogP contribution >= 0.6 is 0 Å². The Labute approximate surface area is 360 Å². The number of nitrogens with zero attached hydrogens (tertiary/aromatic N) is 6. The molecular weight excluding hydrogens is 757 g/mol. The number of hydrogen-bond acceptors (Lipinski definition) is 6. The zero-order valence-corrected chi connectivity index (χ0v) is 33.6. The molecule has 0 N–H and O–H groups in total. The molecule has 0 spiro atoms. The van der Waals surface area contributed by atoms with Crippen molar-refractivity contribution in [3.8, 4) is 56.5 Å². The second-order valence-electron chi connectivity index (χ2n) is 15.3. The van der Waals surface area contributed by atoms with Gasteiger partial charge < -0.3 is 0 Å². The van der Waals surface area contributed by atoms with Crippen molar-refractivity contribution >= 4 is 17.2 Å². The number of aromatic nitrogens is 5. The van der Waals surface area contributed by atoms with Gasteiger partial charge in [-0.3, -0.25) is 9.88 Å². The van der Waals surface area contributed by atoms with Crippen LogP contribution in [0.1, 0.15) is 22.3 Å². The van der Waals surface area contributed by atoms with Crippen LogP contribution in [0.4, 0.5) is 17.2 Å². The standard InChI is InChI=1S/C56H38N6/c1-6-19-39(20-7-1)40-33-35-45(36-34-40)62(51-38-57-37-49(58-51)55-60-53(41-21-8-2-9-22-41)59-54(61-55)42-23-10-3-11-24-42)50-32-18-31-48-52(50)46-29-16-17-30-47(46)56(48,43-25-12-4-13-26-43)44-27-14-5-15-28-44/h1-38H. The molecule has 0 amide bonds. The normalized spacial score (nSPS) is 12.3. The molecule has 0 unspecified atom stereocenters. The van der Waals surface area contributed by atoms with Crippen molar-refractivity contribution in [2.75, 3.05) is 4.90 Å². The molecule has 0 fully saturated rings. The van der Waals surface area contributed by atoms with Gasteiger partial charge in [0.1, 0.15) is 5.69 Å². The van der Waals surface area contributed by atoms with Crippen molar-refractivity contribution in [3.63, 3.8) is 0 Å². The molecule has 10 aromatic rings. The lowest BCUT2D eigenvalue weighted by Gasteiger charge is -2.34. The summed E-state index contributed by atoms with van der Waals surface area (Å²) >= 11 is 0. The maximum absolute atomic E-state index is 5.39. The Morgan fingerprint density at radius 1 is 0.355 bits per heavy atom. The fraction of sp³-hybridized carbons (Fsp3) is 0.0179. The third-order valence-corrected chi connectivity index (χ3v) is 11.7. The Balaban J connectivity index is 1.15. The van der Waals surface area contributed by atoms with E-state index in [4.69, 9.17) is 24.9 Å². The first kappa shape index (κ1) is 36.7. The summed E-state index contributed by atoms with van der Waals surface area (Å²) in [5.74, 6) is 2.18. The number of rotatable bonds is 9. The second kappa shape index (κ2) is 15.7. The molecule has 0 saturated carbocycles. The van der Waals surface area contributed by atoms with Gasteiger partial charge in [-0.05, 0) is 57.1 Å². The Bertz CT molecular complexity index is 3060. The molecule has 0 atom stereocenters. The highest BCUT2D eigenvalue weighted by Gasteiger charge is 2.47. The van der Waals surface area contributed by atoms with Gasteiger partial charge >= 0.3 is 0 Å². The SMILES string of the molecule is c1ccc(-c2ccc(N(c3cncc(-c4nc(-c5ccccc5)nc(-c5ccccc5)n4)n3)c3cccc4c3-c3ccccc3C4(c3ccccc3)c3ccccc3)cc2)cc1. The lowest BCUT2D eigenvalue weighted by Crippen LogP contribution is -2.28. The van der Waals surface area contributed by atoms with Gasteiger partial charge in [0, 0.05) is 22.4 Å². The monoisotopic (exact) mass is 794 g/mol. The van der Waals surface area contributed by atoms with Crippen LogP contribution < -0.4 is 4.90 Å². The average molecular weight is 795 g/mol. The van der Waals surface area contributed by atoms with Gasteiger partial charge in [-0.15, -0.1) is 0 Å². The van der Waals surface area contributed by atoms with Crippen LogP contribution in [-0.2, 0) is 5.41 Å². The molecule has 6 nitrogen and oxygen atoms in total. The highest BCUT2D eigenvalue weighted by atomic mass is 15.2. The minimum absolute atomic E-state index is 0.433. The van der Waals surface area contributed by atoms with Crippen molar-refractivity contribution in [1.29, 1.82) is 0 Å². The van der Waals surface area contributed by atoms with Crippen LogP contribution in [-0.4, -0.2) is 24.9 Å². The zero-order chi connectivity index (χ0) is 41.3. The van der Waals surface area contributed by atoms with E-state index in [0.29, 0.717) is 29.0 Å². The predicted molar refractivity (Wildman–Crippen MR) is 249 cm³/mol. The molecule has 2 heterocycles. The van der Waals surface area contributed by atoms with Gasteiger partial charge in [0.2, 0.25) is 0 Å². The minimum Gasteiger partial charge on any atom is -0.293 e. The number of hydrogen-bond donors (Lipinski definition) is 0. The van der Waals surface area contributed by atoms with E-state index in [1.54, 1.807) is 6.20 Å². The Morgan fingerprint density at radius 3 is 1.44 bits per heavy atom. The van der Waals surface area contributed by atoms with Gasteiger partial charge in [0.25, 0.3) is 0 Å². The summed E-state index contributed by atoms with van der Waals surface area (Å²) in [5.41, 5.74) is 13.0. The summed E-state index contributed by atoms with van der Waals surface area (Å²) in [5, 5.41) is 0. The van der Waals surface area contributed by atoms with Gasteiger partial charge in [0.05, 0.1) is 23.5 Å². The smallest absolute Gasteiger partial charge is 0.184 e. The Hall–Kier alpha value is -8.35. The van der Waals surface area contributed by atoms with E-state index < -0.39 is 5.41 Å². The summed E-state index contributed by atoms with van der Waals surface area (Å²) in [6.45, 7) is 0. The lowest BCUT2D eigenvalue weighted by atomic mass is 9.68. The quantitative estimate of drug-likeness (QED) is 0.145. The number of anilines is 3. The summed E-state index contributed by atoms with van der Waals surface area (Å²) in [6.07, 6.45) is 3.56. The van der Waals surface area contributed by atoms with Crippen LogP contribution in [0.5, 0.6) is 0 Å². The van der Waals surface area contributed by atoms with E-state index in [1.165, 1.54) is 27.8 Å². The maximum atomic E-state index is 5.39. The molecule has 62 heavy (non-hydrogen) atoms. The first-order valence-corrected chi connectivity index (χ1v) is 20.7. The van der Waals surface area contributed by atoms with Crippen LogP contribution in [0.25, 0.3) is 56.5 Å². The average Bonchev–Trinajstić information content (AvgIpc) is 3.67. The largest absolute Gasteiger partial charge is 0.293 e. The van der Waals surface area contributed by atoms with Crippen molar-refractivity contribution < 1.29 is 0 Å². The summed E-state index contributed by atoms with van der Waals surface area (Å²) in [7, 11) is 0. The van der Waals surface area contributed by atoms with Gasteiger partial charge in [-0.1, -0.05) is 200 Å². The topological polar surface area (TPSA) is 67.7 Å². The highest BCUT2D eigenvalue weighted by Crippen LogP contribution is 2.59.